The van der Waals surface area contributed by atoms with Gasteiger partial charge >= 0.3 is 0 Å². The molecular weight excluding hydrogens is 278 g/mol. The molecule has 0 unspecified atom stereocenters. The summed E-state index contributed by atoms with van der Waals surface area (Å²) in [5.74, 6) is 1.34. The molecule has 0 atom stereocenters. The fourth-order valence-electron chi connectivity index (χ4n) is 2.37. The topological polar surface area (TPSA) is 62.4 Å². The highest BCUT2D eigenvalue weighted by Gasteiger charge is 2.19. The first-order valence-electron chi connectivity index (χ1n) is 7.76. The Morgan fingerprint density at radius 2 is 1.91 bits per heavy atom. The molecule has 0 saturated heterocycles. The van der Waals surface area contributed by atoms with Gasteiger partial charge in [-0.1, -0.05) is 42.4 Å². The highest BCUT2D eigenvalue weighted by molar-refractivity contribution is 5.15. The highest BCUT2D eigenvalue weighted by Crippen LogP contribution is 2.10. The van der Waals surface area contributed by atoms with Crippen LogP contribution in [0.3, 0.4) is 0 Å². The first-order valence-corrected chi connectivity index (χ1v) is 7.76. The monoisotopic (exact) mass is 303 g/mol. The molecule has 0 aliphatic rings. The van der Waals surface area contributed by atoms with Gasteiger partial charge in [-0.15, -0.1) is 0 Å². The Bertz CT molecular complexity index is 561. The Balaban J connectivity index is 1.88. The van der Waals surface area contributed by atoms with Gasteiger partial charge in [-0.05, 0) is 32.4 Å². The van der Waals surface area contributed by atoms with Gasteiger partial charge in [0.2, 0.25) is 5.89 Å². The van der Waals surface area contributed by atoms with E-state index in [1.165, 1.54) is 5.56 Å². The minimum absolute atomic E-state index is 0.568. The average Bonchev–Trinajstić information content (AvgIpc) is 2.91. The molecule has 5 nitrogen and oxygen atoms in total. The van der Waals surface area contributed by atoms with Crippen LogP contribution >= 0.6 is 0 Å². The highest BCUT2D eigenvalue weighted by atomic mass is 16.5. The number of nitrogens with zero attached hydrogens (tertiary/aromatic N) is 3. The van der Waals surface area contributed by atoms with Crippen LogP contribution in [0.2, 0.25) is 0 Å². The van der Waals surface area contributed by atoms with Crippen LogP contribution in [0.1, 0.15) is 38.0 Å². The summed E-state index contributed by atoms with van der Waals surface area (Å²) in [6.07, 6.45) is 1.67. The predicted octanol–water partition coefficient (Wildman–Crippen LogP) is 2.45. The van der Waals surface area contributed by atoms with Crippen LogP contribution in [0.4, 0.5) is 0 Å². The maximum atomic E-state index is 9.90. The van der Waals surface area contributed by atoms with Crippen molar-refractivity contribution in [1.82, 2.24) is 15.0 Å². The summed E-state index contributed by atoms with van der Waals surface area (Å²) >= 11 is 0. The lowest BCUT2D eigenvalue weighted by atomic mass is 10.1. The van der Waals surface area contributed by atoms with E-state index >= 15 is 0 Å². The van der Waals surface area contributed by atoms with Crippen LogP contribution in [0.15, 0.2) is 34.9 Å². The molecule has 0 fully saturated rings. The molecule has 1 aromatic heterocycles. The zero-order valence-corrected chi connectivity index (χ0v) is 13.6. The summed E-state index contributed by atoms with van der Waals surface area (Å²) in [5, 5.41) is 13.9. The molecule has 5 heteroatoms. The van der Waals surface area contributed by atoms with Gasteiger partial charge in [0.05, 0.1) is 12.1 Å². The third-order valence-electron chi connectivity index (χ3n) is 3.41. The van der Waals surface area contributed by atoms with Gasteiger partial charge in [0.1, 0.15) is 0 Å². The van der Waals surface area contributed by atoms with Gasteiger partial charge in [-0.3, -0.25) is 4.90 Å². The largest absolute Gasteiger partial charge is 0.389 e. The summed E-state index contributed by atoms with van der Waals surface area (Å²) in [7, 11) is 0. The SMILES string of the molecule is CCN(Cc1nc(CCc2ccccc2)no1)CC(C)(C)O. The molecule has 22 heavy (non-hydrogen) atoms. The summed E-state index contributed by atoms with van der Waals surface area (Å²) < 4.78 is 5.32. The quantitative estimate of drug-likeness (QED) is 0.811. The van der Waals surface area contributed by atoms with Crippen molar-refractivity contribution < 1.29 is 9.63 Å². The molecule has 0 aliphatic heterocycles. The van der Waals surface area contributed by atoms with Crippen molar-refractivity contribution in [2.45, 2.75) is 45.8 Å². The normalized spacial score (nSPS) is 12.0. The predicted molar refractivity (Wildman–Crippen MR) is 85.4 cm³/mol. The van der Waals surface area contributed by atoms with E-state index in [2.05, 4.69) is 34.1 Å². The van der Waals surface area contributed by atoms with Gasteiger partial charge in [-0.25, -0.2) is 0 Å². The molecule has 0 radical (unpaired) electrons. The van der Waals surface area contributed by atoms with Crippen molar-refractivity contribution in [3.05, 3.63) is 47.6 Å². The van der Waals surface area contributed by atoms with Crippen molar-refractivity contribution in [1.29, 1.82) is 0 Å². The van der Waals surface area contributed by atoms with Crippen molar-refractivity contribution in [2.24, 2.45) is 0 Å². The lowest BCUT2D eigenvalue weighted by molar-refractivity contribution is 0.0322. The number of hydrogen-bond donors (Lipinski definition) is 1. The van der Waals surface area contributed by atoms with Crippen molar-refractivity contribution in [3.63, 3.8) is 0 Å². The lowest BCUT2D eigenvalue weighted by Gasteiger charge is -2.26. The molecule has 120 valence electrons. The van der Waals surface area contributed by atoms with Gasteiger partial charge in [0, 0.05) is 13.0 Å². The van der Waals surface area contributed by atoms with Crippen LogP contribution in [-0.4, -0.2) is 38.8 Å². The molecule has 0 spiro atoms. The Kier molecular flexibility index (Phi) is 5.69. The molecule has 0 aliphatic carbocycles. The van der Waals surface area contributed by atoms with Crippen LogP contribution in [0.5, 0.6) is 0 Å². The smallest absolute Gasteiger partial charge is 0.240 e. The maximum absolute atomic E-state index is 9.90. The van der Waals surface area contributed by atoms with Crippen LogP contribution < -0.4 is 0 Å². The van der Waals surface area contributed by atoms with E-state index in [1.807, 2.05) is 18.2 Å². The van der Waals surface area contributed by atoms with Gasteiger partial charge in [0.25, 0.3) is 0 Å². The summed E-state index contributed by atoms with van der Waals surface area (Å²) in [6, 6.07) is 10.3. The van der Waals surface area contributed by atoms with Crippen LogP contribution in [0.25, 0.3) is 0 Å². The van der Waals surface area contributed by atoms with Crippen LogP contribution in [0, 0.1) is 0 Å². The molecule has 2 aromatic rings. The number of rotatable bonds is 8. The standard InChI is InChI=1S/C17H25N3O2/c1-4-20(13-17(2,3)21)12-16-18-15(19-22-16)11-10-14-8-6-5-7-9-14/h5-9,21H,4,10-13H2,1-3H3. The van der Waals surface area contributed by atoms with E-state index in [9.17, 15) is 5.11 Å². The second kappa shape index (κ2) is 7.51. The first-order chi connectivity index (χ1) is 10.5. The minimum atomic E-state index is -0.730. The summed E-state index contributed by atoms with van der Waals surface area (Å²) in [6.45, 7) is 7.62. The lowest BCUT2D eigenvalue weighted by Crippen LogP contribution is -2.38. The summed E-state index contributed by atoms with van der Waals surface area (Å²) in [5.41, 5.74) is 0.540. The van der Waals surface area contributed by atoms with E-state index in [-0.39, 0.29) is 0 Å². The Morgan fingerprint density at radius 1 is 1.18 bits per heavy atom. The second-order valence-electron chi connectivity index (χ2n) is 6.21. The second-order valence-corrected chi connectivity index (χ2v) is 6.21. The third kappa shape index (κ3) is 5.58. The first kappa shape index (κ1) is 16.6. The fraction of sp³-hybridized carbons (Fsp3) is 0.529. The molecule has 1 N–H and O–H groups in total. The zero-order chi connectivity index (χ0) is 16.0. The number of benzene rings is 1. The van der Waals surface area contributed by atoms with E-state index in [0.29, 0.717) is 19.0 Å². The molecule has 0 amide bonds. The van der Waals surface area contributed by atoms with E-state index in [1.54, 1.807) is 13.8 Å². The van der Waals surface area contributed by atoms with Gasteiger partial charge in [0.15, 0.2) is 5.82 Å². The Labute approximate surface area is 132 Å². The molecule has 1 aromatic carbocycles. The number of aromatic nitrogens is 2. The van der Waals surface area contributed by atoms with Crippen molar-refractivity contribution in [3.8, 4) is 0 Å². The molecule has 0 bridgehead atoms. The maximum Gasteiger partial charge on any atom is 0.240 e. The number of hydrogen-bond acceptors (Lipinski definition) is 5. The van der Waals surface area contributed by atoms with Crippen molar-refractivity contribution in [2.75, 3.05) is 13.1 Å². The zero-order valence-electron chi connectivity index (χ0n) is 13.6. The Hall–Kier alpha value is -1.72. The van der Waals surface area contributed by atoms with E-state index < -0.39 is 5.60 Å². The Morgan fingerprint density at radius 3 is 2.55 bits per heavy atom. The fourth-order valence-corrected chi connectivity index (χ4v) is 2.37. The average molecular weight is 303 g/mol. The molecule has 0 saturated carbocycles. The van der Waals surface area contributed by atoms with Crippen molar-refractivity contribution >= 4 is 0 Å². The number of aryl methyl sites for hydroxylation is 2. The number of aliphatic hydroxyl groups is 1. The molecule has 1 heterocycles. The third-order valence-corrected chi connectivity index (χ3v) is 3.41. The van der Waals surface area contributed by atoms with E-state index in [4.69, 9.17) is 4.52 Å². The van der Waals surface area contributed by atoms with Gasteiger partial charge in [-0.2, -0.15) is 4.98 Å². The van der Waals surface area contributed by atoms with Crippen LogP contribution in [-0.2, 0) is 19.4 Å². The molecular formula is C17H25N3O2. The number of likely N-dealkylation sites (N-methyl/N-ethyl adjacent to an activating group) is 1. The summed E-state index contributed by atoms with van der Waals surface area (Å²) in [4.78, 5) is 6.53. The minimum Gasteiger partial charge on any atom is -0.389 e. The van der Waals surface area contributed by atoms with Gasteiger partial charge < -0.3 is 9.63 Å². The molecule has 2 rings (SSSR count). The van der Waals surface area contributed by atoms with E-state index in [0.717, 1.165) is 25.2 Å².